The second kappa shape index (κ2) is 15.5. The normalized spacial score (nSPS) is 10.0. The number of rotatable bonds is 12. The van der Waals surface area contributed by atoms with Gasteiger partial charge in [0.2, 0.25) is 12.2 Å². The molecule has 0 aliphatic carbocycles. The van der Waals surface area contributed by atoms with E-state index in [2.05, 4.69) is 9.98 Å². The lowest BCUT2D eigenvalue weighted by atomic mass is 10.1. The Balaban J connectivity index is 3.07. The van der Waals surface area contributed by atoms with Crippen molar-refractivity contribution in [3.8, 4) is 0 Å². The molecule has 0 amide bonds. The number of allylic oxidation sites excluding steroid dienone is 1. The third-order valence-electron chi connectivity index (χ3n) is 2.69. The molecule has 4 heteroatoms. The van der Waals surface area contributed by atoms with Gasteiger partial charge >= 0.3 is 0 Å². The van der Waals surface area contributed by atoms with Gasteiger partial charge in [-0.2, -0.15) is 4.99 Å². The Hall–Kier alpha value is -1.50. The highest BCUT2D eigenvalue weighted by Gasteiger charge is 1.91. The average Bonchev–Trinajstić information content (AvgIpc) is 2.39. The van der Waals surface area contributed by atoms with Crippen molar-refractivity contribution in [1.82, 2.24) is 0 Å². The lowest BCUT2D eigenvalue weighted by Gasteiger charge is -2.00. The number of nitrogens with zero attached hydrogens (tertiary/aromatic N) is 2. The van der Waals surface area contributed by atoms with Crippen LogP contribution in [0.15, 0.2) is 22.3 Å². The Morgan fingerprint density at radius 1 is 0.778 bits per heavy atom. The maximum absolute atomic E-state index is 9.80. The van der Waals surface area contributed by atoms with Gasteiger partial charge in [-0.1, -0.05) is 44.6 Å². The first-order chi connectivity index (χ1) is 8.91. The van der Waals surface area contributed by atoms with Gasteiger partial charge in [0, 0.05) is 6.20 Å². The number of carbonyl (C=O) groups excluding carboxylic acids is 2. The molecular formula is C14H22N2O2. The number of aliphatic imine (C=N–C) groups is 2. The summed E-state index contributed by atoms with van der Waals surface area (Å²) < 4.78 is 0. The number of unbranched alkanes of at least 4 members (excludes halogenated alkanes) is 8. The van der Waals surface area contributed by atoms with E-state index in [9.17, 15) is 9.59 Å². The molecule has 0 aliphatic heterocycles. The topological polar surface area (TPSA) is 58.9 Å². The highest BCUT2D eigenvalue weighted by atomic mass is 16.1. The zero-order chi connectivity index (χ0) is 13.3. The molecule has 4 nitrogen and oxygen atoms in total. The van der Waals surface area contributed by atoms with Crippen molar-refractivity contribution < 1.29 is 9.59 Å². The molecule has 0 spiro atoms. The van der Waals surface area contributed by atoms with Crippen LogP contribution in [-0.2, 0) is 9.59 Å². The Bertz CT molecular complexity index is 301. The van der Waals surface area contributed by atoms with Crippen molar-refractivity contribution in [2.45, 2.75) is 57.8 Å². The first-order valence-electron chi connectivity index (χ1n) is 6.67. The predicted octanol–water partition coefficient (Wildman–Crippen LogP) is 3.68. The molecule has 0 aromatic heterocycles. The summed E-state index contributed by atoms with van der Waals surface area (Å²) in [6.07, 6.45) is 17.0. The summed E-state index contributed by atoms with van der Waals surface area (Å²) in [6.45, 7) is 0.624. The van der Waals surface area contributed by atoms with Gasteiger partial charge < -0.3 is 0 Å². The van der Waals surface area contributed by atoms with Crippen molar-refractivity contribution in [1.29, 1.82) is 0 Å². The SMILES string of the molecule is O=C=N/C=C/CCCCCCCCCCN=C=O. The molecule has 0 radical (unpaired) electrons. The molecule has 0 aliphatic rings. The van der Waals surface area contributed by atoms with E-state index in [1.54, 1.807) is 6.08 Å². The Morgan fingerprint density at radius 2 is 1.39 bits per heavy atom. The minimum Gasteiger partial charge on any atom is -0.211 e. The predicted molar refractivity (Wildman–Crippen MR) is 71.8 cm³/mol. The van der Waals surface area contributed by atoms with Crippen LogP contribution in [0.3, 0.4) is 0 Å². The van der Waals surface area contributed by atoms with Gasteiger partial charge in [-0.25, -0.2) is 14.6 Å². The van der Waals surface area contributed by atoms with E-state index in [1.165, 1.54) is 44.4 Å². The average molecular weight is 250 g/mol. The largest absolute Gasteiger partial charge is 0.239 e. The first-order valence-corrected chi connectivity index (χ1v) is 6.67. The first kappa shape index (κ1) is 16.5. The van der Waals surface area contributed by atoms with Crippen molar-refractivity contribution in [2.75, 3.05) is 6.54 Å². The summed E-state index contributed by atoms with van der Waals surface area (Å²) in [5.41, 5.74) is 0. The molecule has 0 rings (SSSR count). The summed E-state index contributed by atoms with van der Waals surface area (Å²) >= 11 is 0. The van der Waals surface area contributed by atoms with E-state index >= 15 is 0 Å². The molecule has 0 aromatic rings. The van der Waals surface area contributed by atoms with E-state index < -0.39 is 0 Å². The number of hydrogen-bond donors (Lipinski definition) is 0. The van der Waals surface area contributed by atoms with Crippen LogP contribution in [0.1, 0.15) is 57.8 Å². The summed E-state index contributed by atoms with van der Waals surface area (Å²) in [5, 5.41) is 0. The highest BCUT2D eigenvalue weighted by Crippen LogP contribution is 2.09. The molecule has 0 aromatic carbocycles. The van der Waals surface area contributed by atoms with Gasteiger partial charge in [-0.3, -0.25) is 0 Å². The Labute approximate surface area is 109 Å². The summed E-state index contributed by atoms with van der Waals surface area (Å²) in [6, 6.07) is 0. The molecule has 100 valence electrons. The molecular weight excluding hydrogens is 228 g/mol. The smallest absolute Gasteiger partial charge is 0.211 e. The Morgan fingerprint density at radius 3 is 2.00 bits per heavy atom. The number of hydrogen-bond acceptors (Lipinski definition) is 4. The lowest BCUT2D eigenvalue weighted by molar-refractivity contribution is 0.557. The fourth-order valence-corrected chi connectivity index (χ4v) is 1.72. The van der Waals surface area contributed by atoms with E-state index in [1.807, 2.05) is 6.08 Å². The fraction of sp³-hybridized carbons (Fsp3) is 0.714. The summed E-state index contributed by atoms with van der Waals surface area (Å²) in [7, 11) is 0. The molecule has 0 heterocycles. The van der Waals surface area contributed by atoms with Crippen LogP contribution in [0.4, 0.5) is 0 Å². The second-order valence-corrected chi connectivity index (χ2v) is 4.20. The fourth-order valence-electron chi connectivity index (χ4n) is 1.72. The Kier molecular flexibility index (Phi) is 14.2. The standard InChI is InChI=1S/C14H22N2O2/c17-13-15-11-9-7-5-3-1-2-4-6-8-10-12-16-14-18/h9,11H,1-8,10,12H2/b11-9+. The van der Waals surface area contributed by atoms with Gasteiger partial charge in [-0.15, -0.1) is 0 Å². The van der Waals surface area contributed by atoms with E-state index in [-0.39, 0.29) is 0 Å². The zero-order valence-electron chi connectivity index (χ0n) is 10.9. The third kappa shape index (κ3) is 14.5. The van der Waals surface area contributed by atoms with Crippen LogP contribution in [0.2, 0.25) is 0 Å². The minimum absolute atomic E-state index is 0.624. The molecule has 0 saturated carbocycles. The molecule has 0 N–H and O–H groups in total. The maximum Gasteiger partial charge on any atom is 0.239 e. The molecule has 0 fully saturated rings. The quantitative estimate of drug-likeness (QED) is 0.301. The zero-order valence-corrected chi connectivity index (χ0v) is 10.9. The van der Waals surface area contributed by atoms with Gasteiger partial charge in [-0.05, 0) is 19.3 Å². The van der Waals surface area contributed by atoms with Crippen LogP contribution in [0.5, 0.6) is 0 Å². The van der Waals surface area contributed by atoms with Crippen LogP contribution < -0.4 is 0 Å². The highest BCUT2D eigenvalue weighted by molar-refractivity contribution is 5.34. The molecule has 0 unspecified atom stereocenters. The monoisotopic (exact) mass is 250 g/mol. The summed E-state index contributed by atoms with van der Waals surface area (Å²) in [5.74, 6) is 0. The van der Waals surface area contributed by atoms with Crippen molar-refractivity contribution in [3.05, 3.63) is 12.3 Å². The van der Waals surface area contributed by atoms with E-state index in [0.29, 0.717) is 6.54 Å². The van der Waals surface area contributed by atoms with Crippen LogP contribution in [-0.4, -0.2) is 18.7 Å². The van der Waals surface area contributed by atoms with Crippen LogP contribution in [0.25, 0.3) is 0 Å². The van der Waals surface area contributed by atoms with Gasteiger partial charge in [0.05, 0.1) is 6.54 Å². The molecule has 0 bridgehead atoms. The molecule has 0 saturated heterocycles. The van der Waals surface area contributed by atoms with Crippen LogP contribution >= 0.6 is 0 Å². The minimum atomic E-state index is 0.624. The maximum atomic E-state index is 9.80. The van der Waals surface area contributed by atoms with E-state index in [4.69, 9.17) is 0 Å². The van der Waals surface area contributed by atoms with Gasteiger partial charge in [0.15, 0.2) is 0 Å². The van der Waals surface area contributed by atoms with Crippen molar-refractivity contribution in [3.63, 3.8) is 0 Å². The third-order valence-corrected chi connectivity index (χ3v) is 2.69. The number of isocyanates is 2. The van der Waals surface area contributed by atoms with Gasteiger partial charge in [0.1, 0.15) is 0 Å². The van der Waals surface area contributed by atoms with Crippen molar-refractivity contribution >= 4 is 12.2 Å². The van der Waals surface area contributed by atoms with E-state index in [0.717, 1.165) is 25.7 Å². The lowest BCUT2D eigenvalue weighted by Crippen LogP contribution is -1.83. The van der Waals surface area contributed by atoms with Gasteiger partial charge in [0.25, 0.3) is 0 Å². The van der Waals surface area contributed by atoms with Crippen molar-refractivity contribution in [2.24, 2.45) is 9.98 Å². The second-order valence-electron chi connectivity index (χ2n) is 4.20. The molecule has 18 heavy (non-hydrogen) atoms. The molecule has 0 atom stereocenters. The summed E-state index contributed by atoms with van der Waals surface area (Å²) in [4.78, 5) is 26.4. The van der Waals surface area contributed by atoms with Crippen LogP contribution in [0, 0.1) is 0 Å².